The van der Waals surface area contributed by atoms with Crippen molar-refractivity contribution in [2.75, 3.05) is 25.6 Å². The number of aromatic nitrogens is 2. The summed E-state index contributed by atoms with van der Waals surface area (Å²) in [6, 6.07) is 0. The standard InChI is InChI=1S/C13H15ClN4O3S/c1-18(9(19)5-6-10(20)21-2)13-17-16-12(22-13)8-4-3-7-15-11(8)14/h4H,3,5-7H2,1-2H3. The van der Waals surface area contributed by atoms with Gasteiger partial charge in [0.05, 0.1) is 13.5 Å². The fourth-order valence-electron chi connectivity index (χ4n) is 1.76. The van der Waals surface area contributed by atoms with Gasteiger partial charge in [0.15, 0.2) is 5.01 Å². The van der Waals surface area contributed by atoms with E-state index in [2.05, 4.69) is 19.9 Å². The molecule has 0 aromatic carbocycles. The van der Waals surface area contributed by atoms with Crippen molar-refractivity contribution in [2.24, 2.45) is 4.99 Å². The lowest BCUT2D eigenvalue weighted by atomic mass is 10.2. The predicted octanol–water partition coefficient (Wildman–Crippen LogP) is 1.88. The van der Waals surface area contributed by atoms with Crippen LogP contribution < -0.4 is 4.90 Å². The number of carbonyl (C=O) groups is 2. The summed E-state index contributed by atoms with van der Waals surface area (Å²) in [4.78, 5) is 28.6. The van der Waals surface area contributed by atoms with Gasteiger partial charge >= 0.3 is 5.97 Å². The first kappa shape index (κ1) is 16.6. The maximum Gasteiger partial charge on any atom is 0.306 e. The molecule has 1 aromatic heterocycles. The van der Waals surface area contributed by atoms with Crippen LogP contribution in [0.1, 0.15) is 24.3 Å². The number of aliphatic imine (C=N–C) groups is 1. The molecule has 1 aliphatic rings. The van der Waals surface area contributed by atoms with E-state index < -0.39 is 5.97 Å². The van der Waals surface area contributed by atoms with E-state index in [4.69, 9.17) is 11.6 Å². The monoisotopic (exact) mass is 342 g/mol. The van der Waals surface area contributed by atoms with Gasteiger partial charge in [-0.15, -0.1) is 10.2 Å². The summed E-state index contributed by atoms with van der Waals surface area (Å²) >= 11 is 7.31. The molecule has 2 rings (SSSR count). The zero-order chi connectivity index (χ0) is 16.1. The SMILES string of the molecule is COC(=O)CCC(=O)N(C)c1nnc(C2=CCCN=C2Cl)s1. The van der Waals surface area contributed by atoms with Crippen molar-refractivity contribution in [2.45, 2.75) is 19.3 Å². The molecule has 0 aliphatic carbocycles. The molecule has 0 N–H and O–H groups in total. The highest BCUT2D eigenvalue weighted by Crippen LogP contribution is 2.29. The topological polar surface area (TPSA) is 84.8 Å². The molecule has 7 nitrogen and oxygen atoms in total. The van der Waals surface area contributed by atoms with Gasteiger partial charge in [0.2, 0.25) is 11.0 Å². The summed E-state index contributed by atoms with van der Waals surface area (Å²) in [5.41, 5.74) is 0.743. The minimum Gasteiger partial charge on any atom is -0.469 e. The number of methoxy groups -OCH3 is 1. The Morgan fingerprint density at radius 2 is 2.18 bits per heavy atom. The van der Waals surface area contributed by atoms with E-state index in [1.807, 2.05) is 6.08 Å². The van der Waals surface area contributed by atoms with E-state index in [1.165, 1.54) is 23.3 Å². The molecule has 0 fully saturated rings. The summed E-state index contributed by atoms with van der Waals surface area (Å²) in [5.74, 6) is -0.652. The van der Waals surface area contributed by atoms with Crippen molar-refractivity contribution in [1.82, 2.24) is 10.2 Å². The molecule has 9 heteroatoms. The average molecular weight is 343 g/mol. The molecular weight excluding hydrogens is 328 g/mol. The van der Waals surface area contributed by atoms with Gasteiger partial charge < -0.3 is 4.74 Å². The molecule has 2 heterocycles. The van der Waals surface area contributed by atoms with Crippen molar-refractivity contribution >= 4 is 50.7 Å². The number of esters is 1. The summed E-state index contributed by atoms with van der Waals surface area (Å²) < 4.78 is 4.51. The van der Waals surface area contributed by atoms with Gasteiger partial charge in [-0.3, -0.25) is 19.5 Å². The number of ether oxygens (including phenoxy) is 1. The van der Waals surface area contributed by atoms with Gasteiger partial charge in [0.1, 0.15) is 5.17 Å². The summed E-state index contributed by atoms with van der Waals surface area (Å²) in [5, 5.41) is 9.53. The van der Waals surface area contributed by atoms with Crippen LogP contribution in [-0.4, -0.2) is 47.9 Å². The van der Waals surface area contributed by atoms with Crippen LogP contribution in [0.5, 0.6) is 0 Å². The van der Waals surface area contributed by atoms with E-state index in [0.717, 1.165) is 12.0 Å². The number of amides is 1. The lowest BCUT2D eigenvalue weighted by Gasteiger charge is -2.12. The Bertz CT molecular complexity index is 641. The fraction of sp³-hybridized carbons (Fsp3) is 0.462. The van der Waals surface area contributed by atoms with Gasteiger partial charge in [0.25, 0.3) is 0 Å². The van der Waals surface area contributed by atoms with Crippen LogP contribution in [0, 0.1) is 0 Å². The number of rotatable bonds is 5. The quantitative estimate of drug-likeness (QED) is 0.763. The normalized spacial score (nSPS) is 14.1. The molecule has 1 aromatic rings. The Balaban J connectivity index is 2.04. The van der Waals surface area contributed by atoms with E-state index in [1.54, 1.807) is 7.05 Å². The third-order valence-electron chi connectivity index (χ3n) is 3.03. The number of dihydropyridines is 1. The van der Waals surface area contributed by atoms with Crippen LogP contribution in [0.25, 0.3) is 5.57 Å². The van der Waals surface area contributed by atoms with Crippen molar-refractivity contribution in [3.8, 4) is 0 Å². The van der Waals surface area contributed by atoms with Crippen LogP contribution in [0.3, 0.4) is 0 Å². The highest BCUT2D eigenvalue weighted by Gasteiger charge is 2.20. The zero-order valence-corrected chi connectivity index (χ0v) is 13.8. The molecule has 118 valence electrons. The van der Waals surface area contributed by atoms with Gasteiger partial charge in [-0.05, 0) is 6.42 Å². The zero-order valence-electron chi connectivity index (χ0n) is 12.2. The third-order valence-corrected chi connectivity index (χ3v) is 4.38. The molecule has 1 aliphatic heterocycles. The van der Waals surface area contributed by atoms with Crippen LogP contribution in [0.2, 0.25) is 0 Å². The highest BCUT2D eigenvalue weighted by atomic mass is 35.5. The first-order valence-corrected chi connectivity index (χ1v) is 7.80. The molecule has 0 spiro atoms. The molecule has 0 saturated carbocycles. The number of hydrogen-bond donors (Lipinski definition) is 0. The molecule has 0 bridgehead atoms. The molecule has 22 heavy (non-hydrogen) atoms. The smallest absolute Gasteiger partial charge is 0.306 e. The van der Waals surface area contributed by atoms with Crippen molar-refractivity contribution < 1.29 is 14.3 Å². The van der Waals surface area contributed by atoms with Crippen LogP contribution in [0.4, 0.5) is 5.13 Å². The highest BCUT2D eigenvalue weighted by molar-refractivity contribution is 7.17. The molecule has 0 unspecified atom stereocenters. The minimum absolute atomic E-state index is 0.0367. The van der Waals surface area contributed by atoms with Crippen LogP contribution in [-0.2, 0) is 14.3 Å². The van der Waals surface area contributed by atoms with Crippen molar-refractivity contribution in [3.05, 3.63) is 11.1 Å². The summed E-state index contributed by atoms with van der Waals surface area (Å²) in [6.07, 6.45) is 2.85. The molecule has 0 saturated heterocycles. The Hall–Kier alpha value is -1.80. The van der Waals surface area contributed by atoms with Crippen LogP contribution in [0.15, 0.2) is 11.1 Å². The number of hydrogen-bond acceptors (Lipinski definition) is 7. The van der Waals surface area contributed by atoms with E-state index in [-0.39, 0.29) is 18.7 Å². The maximum atomic E-state index is 12.0. The second kappa shape index (κ2) is 7.46. The Labute approximate surface area is 136 Å². The van der Waals surface area contributed by atoms with E-state index in [9.17, 15) is 9.59 Å². The molecular formula is C13H15ClN4O3S. The molecule has 1 amide bonds. The summed E-state index contributed by atoms with van der Waals surface area (Å²) in [6.45, 7) is 0.667. The second-order valence-corrected chi connectivity index (χ2v) is 5.81. The first-order valence-electron chi connectivity index (χ1n) is 6.60. The number of nitrogens with zero attached hydrogens (tertiary/aromatic N) is 4. The van der Waals surface area contributed by atoms with Gasteiger partial charge in [-0.2, -0.15) is 0 Å². The largest absolute Gasteiger partial charge is 0.469 e. The van der Waals surface area contributed by atoms with E-state index in [0.29, 0.717) is 21.9 Å². The van der Waals surface area contributed by atoms with Crippen molar-refractivity contribution in [3.63, 3.8) is 0 Å². The predicted molar refractivity (Wildman–Crippen MR) is 85.3 cm³/mol. The van der Waals surface area contributed by atoms with Gasteiger partial charge in [-0.1, -0.05) is 29.0 Å². The maximum absolute atomic E-state index is 12.0. The molecule has 0 radical (unpaired) electrons. The van der Waals surface area contributed by atoms with E-state index >= 15 is 0 Å². The Kier molecular flexibility index (Phi) is 5.62. The molecule has 0 atom stereocenters. The lowest BCUT2D eigenvalue weighted by molar-refractivity contribution is -0.141. The summed E-state index contributed by atoms with van der Waals surface area (Å²) in [7, 11) is 2.88. The second-order valence-electron chi connectivity index (χ2n) is 4.50. The first-order chi connectivity index (χ1) is 10.5. The third kappa shape index (κ3) is 3.89. The van der Waals surface area contributed by atoms with Crippen LogP contribution >= 0.6 is 22.9 Å². The Morgan fingerprint density at radius 3 is 2.86 bits per heavy atom. The Morgan fingerprint density at radius 1 is 1.41 bits per heavy atom. The van der Waals surface area contributed by atoms with Crippen molar-refractivity contribution in [1.29, 1.82) is 0 Å². The average Bonchev–Trinajstić information content (AvgIpc) is 3.01. The van der Waals surface area contributed by atoms with Gasteiger partial charge in [-0.25, -0.2) is 0 Å². The minimum atomic E-state index is -0.421. The lowest BCUT2D eigenvalue weighted by Crippen LogP contribution is -2.26. The fourth-order valence-corrected chi connectivity index (χ4v) is 2.93. The number of anilines is 1. The van der Waals surface area contributed by atoms with Gasteiger partial charge in [0, 0.05) is 25.6 Å². The number of allylic oxidation sites excluding steroid dienone is 1. The number of carbonyl (C=O) groups excluding carboxylic acids is 2. The number of halogens is 1.